The standard InChI is InChI=1S/C14H20N2O2/c1-10(16-12-7-8-12)14(17)15-9-11-5-3-4-6-13(11)18-2/h3-6,10,12,16H,7-9H2,1-2H3,(H,15,17). The zero-order valence-electron chi connectivity index (χ0n) is 10.9. The van der Waals surface area contributed by atoms with E-state index in [1.54, 1.807) is 7.11 Å². The van der Waals surface area contributed by atoms with Crippen molar-refractivity contribution in [2.45, 2.75) is 38.4 Å². The number of hydrogen-bond donors (Lipinski definition) is 2. The molecule has 1 unspecified atom stereocenters. The molecule has 0 radical (unpaired) electrons. The molecule has 0 spiro atoms. The summed E-state index contributed by atoms with van der Waals surface area (Å²) in [4.78, 5) is 11.9. The van der Waals surface area contributed by atoms with Crippen LogP contribution in [0.15, 0.2) is 24.3 Å². The van der Waals surface area contributed by atoms with Crippen LogP contribution >= 0.6 is 0 Å². The van der Waals surface area contributed by atoms with E-state index in [0.29, 0.717) is 12.6 Å². The van der Waals surface area contributed by atoms with Crippen molar-refractivity contribution in [3.05, 3.63) is 29.8 Å². The van der Waals surface area contributed by atoms with Gasteiger partial charge in [0.15, 0.2) is 0 Å². The molecule has 18 heavy (non-hydrogen) atoms. The molecule has 0 saturated heterocycles. The van der Waals surface area contributed by atoms with Crippen LogP contribution in [0.4, 0.5) is 0 Å². The number of carbonyl (C=O) groups is 1. The fourth-order valence-corrected chi connectivity index (χ4v) is 1.86. The lowest BCUT2D eigenvalue weighted by Gasteiger charge is -2.14. The summed E-state index contributed by atoms with van der Waals surface area (Å²) in [6.45, 7) is 2.40. The van der Waals surface area contributed by atoms with Crippen LogP contribution in [0.3, 0.4) is 0 Å². The average molecular weight is 248 g/mol. The fraction of sp³-hybridized carbons (Fsp3) is 0.500. The minimum atomic E-state index is -0.132. The smallest absolute Gasteiger partial charge is 0.237 e. The van der Waals surface area contributed by atoms with Gasteiger partial charge >= 0.3 is 0 Å². The van der Waals surface area contributed by atoms with Crippen molar-refractivity contribution >= 4 is 5.91 Å². The zero-order chi connectivity index (χ0) is 13.0. The van der Waals surface area contributed by atoms with Crippen LogP contribution in [-0.2, 0) is 11.3 Å². The third kappa shape index (κ3) is 3.47. The monoisotopic (exact) mass is 248 g/mol. The maximum Gasteiger partial charge on any atom is 0.237 e. The van der Waals surface area contributed by atoms with E-state index in [9.17, 15) is 4.79 Å². The van der Waals surface area contributed by atoms with Crippen molar-refractivity contribution in [3.63, 3.8) is 0 Å². The summed E-state index contributed by atoms with van der Waals surface area (Å²) in [5.41, 5.74) is 0.993. The topological polar surface area (TPSA) is 50.4 Å². The van der Waals surface area contributed by atoms with E-state index in [2.05, 4.69) is 10.6 Å². The van der Waals surface area contributed by atoms with Crippen LogP contribution < -0.4 is 15.4 Å². The second-order valence-electron chi connectivity index (χ2n) is 4.69. The van der Waals surface area contributed by atoms with Crippen molar-refractivity contribution in [2.75, 3.05) is 7.11 Å². The molecule has 1 aliphatic rings. The molecule has 1 aromatic rings. The minimum Gasteiger partial charge on any atom is -0.496 e. The number of para-hydroxylation sites is 1. The van der Waals surface area contributed by atoms with Gasteiger partial charge in [-0.1, -0.05) is 18.2 Å². The number of methoxy groups -OCH3 is 1. The maximum atomic E-state index is 11.9. The van der Waals surface area contributed by atoms with Gasteiger partial charge in [-0.3, -0.25) is 4.79 Å². The minimum absolute atomic E-state index is 0.0350. The van der Waals surface area contributed by atoms with Crippen LogP contribution in [0.5, 0.6) is 5.75 Å². The largest absolute Gasteiger partial charge is 0.496 e. The summed E-state index contributed by atoms with van der Waals surface area (Å²) in [6.07, 6.45) is 2.37. The molecule has 0 aliphatic heterocycles. The summed E-state index contributed by atoms with van der Waals surface area (Å²) in [7, 11) is 1.64. The highest BCUT2D eigenvalue weighted by atomic mass is 16.5. The first kappa shape index (κ1) is 12.9. The first-order valence-corrected chi connectivity index (χ1v) is 6.36. The highest BCUT2D eigenvalue weighted by Gasteiger charge is 2.25. The van der Waals surface area contributed by atoms with Gasteiger partial charge in [0.1, 0.15) is 5.75 Å². The van der Waals surface area contributed by atoms with Gasteiger partial charge in [0, 0.05) is 18.2 Å². The first-order valence-electron chi connectivity index (χ1n) is 6.36. The number of amides is 1. The lowest BCUT2D eigenvalue weighted by molar-refractivity contribution is -0.122. The molecule has 2 N–H and O–H groups in total. The molecule has 1 saturated carbocycles. The third-order valence-electron chi connectivity index (χ3n) is 3.10. The molecule has 1 fully saturated rings. The maximum absolute atomic E-state index is 11.9. The first-order chi connectivity index (χ1) is 8.70. The van der Waals surface area contributed by atoms with Gasteiger partial charge < -0.3 is 15.4 Å². The van der Waals surface area contributed by atoms with Crippen molar-refractivity contribution < 1.29 is 9.53 Å². The van der Waals surface area contributed by atoms with E-state index >= 15 is 0 Å². The molecule has 1 aliphatic carbocycles. The molecule has 98 valence electrons. The Morgan fingerprint density at radius 3 is 2.83 bits per heavy atom. The summed E-state index contributed by atoms with van der Waals surface area (Å²) in [6, 6.07) is 8.12. The van der Waals surface area contributed by atoms with Crippen LogP contribution in [0.1, 0.15) is 25.3 Å². The summed E-state index contributed by atoms with van der Waals surface area (Å²) < 4.78 is 5.25. The van der Waals surface area contributed by atoms with Gasteiger partial charge in [-0.25, -0.2) is 0 Å². The number of hydrogen-bond acceptors (Lipinski definition) is 3. The number of carbonyl (C=O) groups excluding carboxylic acids is 1. The van der Waals surface area contributed by atoms with Crippen molar-refractivity contribution in [3.8, 4) is 5.75 Å². The Labute approximate surface area is 108 Å². The van der Waals surface area contributed by atoms with Crippen LogP contribution in [0.25, 0.3) is 0 Å². The highest BCUT2D eigenvalue weighted by molar-refractivity contribution is 5.81. The Bertz CT molecular complexity index is 416. The molecule has 4 heteroatoms. The van der Waals surface area contributed by atoms with E-state index in [1.807, 2.05) is 31.2 Å². The molecule has 1 atom stereocenters. The normalized spacial score (nSPS) is 16.1. The van der Waals surface area contributed by atoms with Crippen LogP contribution in [-0.4, -0.2) is 25.1 Å². The van der Waals surface area contributed by atoms with Gasteiger partial charge in [0.05, 0.1) is 13.2 Å². The van der Waals surface area contributed by atoms with Crippen molar-refractivity contribution in [1.82, 2.24) is 10.6 Å². The van der Waals surface area contributed by atoms with E-state index in [-0.39, 0.29) is 11.9 Å². The van der Waals surface area contributed by atoms with Gasteiger partial charge in [-0.2, -0.15) is 0 Å². The predicted molar refractivity (Wildman–Crippen MR) is 70.5 cm³/mol. The lowest BCUT2D eigenvalue weighted by atomic mass is 10.2. The second-order valence-corrected chi connectivity index (χ2v) is 4.69. The molecule has 0 aromatic heterocycles. The Kier molecular flexibility index (Phi) is 4.20. The number of rotatable bonds is 6. The molecule has 0 heterocycles. The summed E-state index contributed by atoms with van der Waals surface area (Å²) in [5, 5.41) is 6.20. The third-order valence-corrected chi connectivity index (χ3v) is 3.10. The van der Waals surface area contributed by atoms with E-state index in [0.717, 1.165) is 11.3 Å². The number of ether oxygens (including phenoxy) is 1. The lowest BCUT2D eigenvalue weighted by Crippen LogP contribution is -2.42. The zero-order valence-corrected chi connectivity index (χ0v) is 10.9. The second kappa shape index (κ2) is 5.87. The van der Waals surface area contributed by atoms with Gasteiger partial charge in [-0.05, 0) is 25.8 Å². The van der Waals surface area contributed by atoms with Crippen molar-refractivity contribution in [2.24, 2.45) is 0 Å². The SMILES string of the molecule is COc1ccccc1CNC(=O)C(C)NC1CC1. The predicted octanol–water partition coefficient (Wildman–Crippen LogP) is 1.45. The number of nitrogens with one attached hydrogen (secondary N) is 2. The molecule has 0 bridgehead atoms. The summed E-state index contributed by atoms with van der Waals surface area (Å²) in [5.74, 6) is 0.841. The Morgan fingerprint density at radius 2 is 2.17 bits per heavy atom. The molecule has 1 amide bonds. The molecular formula is C14H20N2O2. The van der Waals surface area contributed by atoms with E-state index < -0.39 is 0 Å². The van der Waals surface area contributed by atoms with Gasteiger partial charge in [-0.15, -0.1) is 0 Å². The van der Waals surface area contributed by atoms with E-state index in [1.165, 1.54) is 12.8 Å². The molecule has 2 rings (SSSR count). The van der Waals surface area contributed by atoms with Crippen LogP contribution in [0, 0.1) is 0 Å². The fourth-order valence-electron chi connectivity index (χ4n) is 1.86. The van der Waals surface area contributed by atoms with E-state index in [4.69, 9.17) is 4.74 Å². The summed E-state index contributed by atoms with van der Waals surface area (Å²) >= 11 is 0. The molecule has 1 aromatic carbocycles. The molecule has 4 nitrogen and oxygen atoms in total. The highest BCUT2D eigenvalue weighted by Crippen LogP contribution is 2.19. The average Bonchev–Trinajstić information content (AvgIpc) is 3.20. The van der Waals surface area contributed by atoms with Crippen molar-refractivity contribution in [1.29, 1.82) is 0 Å². The van der Waals surface area contributed by atoms with Gasteiger partial charge in [0.25, 0.3) is 0 Å². The Morgan fingerprint density at radius 1 is 1.44 bits per heavy atom. The number of benzene rings is 1. The Balaban J connectivity index is 1.84. The van der Waals surface area contributed by atoms with Gasteiger partial charge in [0.2, 0.25) is 5.91 Å². The quantitative estimate of drug-likeness (QED) is 0.801. The van der Waals surface area contributed by atoms with Crippen LogP contribution in [0.2, 0.25) is 0 Å². The molecular weight excluding hydrogens is 228 g/mol. The Hall–Kier alpha value is -1.55.